The van der Waals surface area contributed by atoms with E-state index in [1.54, 1.807) is 30.5 Å². The van der Waals surface area contributed by atoms with Gasteiger partial charge in [-0.25, -0.2) is 4.99 Å². The number of carbonyl (C=O) groups is 1. The van der Waals surface area contributed by atoms with Crippen molar-refractivity contribution in [2.45, 2.75) is 20.0 Å². The third-order valence-corrected chi connectivity index (χ3v) is 3.88. The minimum absolute atomic E-state index is 0.0954. The van der Waals surface area contributed by atoms with Crippen molar-refractivity contribution in [3.63, 3.8) is 0 Å². The number of halogens is 1. The summed E-state index contributed by atoms with van der Waals surface area (Å²) in [7, 11) is 0. The second kappa shape index (κ2) is 11.8. The van der Waals surface area contributed by atoms with Crippen LogP contribution in [0.4, 0.5) is 0 Å². The summed E-state index contributed by atoms with van der Waals surface area (Å²) in [4.78, 5) is 20.4. The number of nitrogens with one attached hydrogen (secondary N) is 3. The number of rotatable bonds is 9. The van der Waals surface area contributed by atoms with Gasteiger partial charge in [-0.3, -0.25) is 9.78 Å². The lowest BCUT2D eigenvalue weighted by Gasteiger charge is -2.15. The number of aliphatic imine (C=N–C) groups is 1. The normalized spacial score (nSPS) is 12.2. The fourth-order valence-corrected chi connectivity index (χ4v) is 2.43. The number of carbonyl (C=O) groups excluding carboxylic acids is 1. The van der Waals surface area contributed by atoms with Gasteiger partial charge in [-0.2, -0.15) is 0 Å². The standard InChI is InChI=1S/C20H26ClN5O2/c1-3-23-20(25-12-11-24-19(27)16-5-4-10-22-14-16)26-13-15(2)28-18-8-6-17(21)7-9-18/h4-10,14-15H,3,11-13H2,1-2H3,(H,24,27)(H2,23,25,26). The van der Waals surface area contributed by atoms with Crippen LogP contribution in [0.5, 0.6) is 5.75 Å². The molecule has 1 heterocycles. The molecule has 7 nitrogen and oxygen atoms in total. The molecule has 0 saturated carbocycles. The third kappa shape index (κ3) is 7.84. The highest BCUT2D eigenvalue weighted by Gasteiger charge is 2.06. The Morgan fingerprint density at radius 1 is 1.18 bits per heavy atom. The van der Waals surface area contributed by atoms with Gasteiger partial charge in [0.2, 0.25) is 0 Å². The topological polar surface area (TPSA) is 87.6 Å². The van der Waals surface area contributed by atoms with Crippen LogP contribution in [-0.4, -0.2) is 49.1 Å². The lowest BCUT2D eigenvalue weighted by Crippen LogP contribution is -2.42. The van der Waals surface area contributed by atoms with E-state index in [0.29, 0.717) is 36.2 Å². The van der Waals surface area contributed by atoms with Crippen molar-refractivity contribution in [3.05, 3.63) is 59.4 Å². The molecule has 0 aliphatic heterocycles. The van der Waals surface area contributed by atoms with E-state index in [0.717, 1.165) is 12.3 Å². The summed E-state index contributed by atoms with van der Waals surface area (Å²) >= 11 is 5.88. The van der Waals surface area contributed by atoms with Gasteiger partial charge in [-0.1, -0.05) is 11.6 Å². The first kappa shape index (κ1) is 21.5. The second-order valence-electron chi connectivity index (χ2n) is 6.03. The maximum Gasteiger partial charge on any atom is 0.252 e. The van der Waals surface area contributed by atoms with Crippen molar-refractivity contribution >= 4 is 23.5 Å². The van der Waals surface area contributed by atoms with E-state index in [4.69, 9.17) is 16.3 Å². The summed E-state index contributed by atoms with van der Waals surface area (Å²) in [5, 5.41) is 9.87. The molecular formula is C20H26ClN5O2. The zero-order valence-electron chi connectivity index (χ0n) is 16.1. The molecule has 1 atom stereocenters. The average Bonchev–Trinajstić information content (AvgIpc) is 2.71. The van der Waals surface area contributed by atoms with Crippen LogP contribution in [0.2, 0.25) is 5.02 Å². The Labute approximate surface area is 170 Å². The van der Waals surface area contributed by atoms with Crippen LogP contribution in [0.15, 0.2) is 53.8 Å². The molecule has 0 spiro atoms. The van der Waals surface area contributed by atoms with Gasteiger partial charge in [0.05, 0.1) is 12.1 Å². The summed E-state index contributed by atoms with van der Waals surface area (Å²) in [6.07, 6.45) is 3.08. The Morgan fingerprint density at radius 3 is 2.61 bits per heavy atom. The highest BCUT2D eigenvalue weighted by Crippen LogP contribution is 2.16. The molecule has 2 rings (SSSR count). The number of hydrogen-bond acceptors (Lipinski definition) is 4. The number of nitrogens with zero attached hydrogens (tertiary/aromatic N) is 2. The van der Waals surface area contributed by atoms with Crippen molar-refractivity contribution < 1.29 is 9.53 Å². The van der Waals surface area contributed by atoms with E-state index < -0.39 is 0 Å². The molecule has 1 aromatic heterocycles. The number of amides is 1. The molecule has 0 aliphatic rings. The highest BCUT2D eigenvalue weighted by molar-refractivity contribution is 6.30. The van der Waals surface area contributed by atoms with Crippen molar-refractivity contribution in [1.82, 2.24) is 20.9 Å². The largest absolute Gasteiger partial charge is 0.489 e. The van der Waals surface area contributed by atoms with Crippen molar-refractivity contribution in [2.75, 3.05) is 26.2 Å². The van der Waals surface area contributed by atoms with Crippen LogP contribution in [0.3, 0.4) is 0 Å². The van der Waals surface area contributed by atoms with Gasteiger partial charge >= 0.3 is 0 Å². The van der Waals surface area contributed by atoms with Crippen LogP contribution in [0.25, 0.3) is 0 Å². The quantitative estimate of drug-likeness (QED) is 0.340. The van der Waals surface area contributed by atoms with Crippen molar-refractivity contribution in [3.8, 4) is 5.75 Å². The maximum absolute atomic E-state index is 12.0. The van der Waals surface area contributed by atoms with Crippen molar-refractivity contribution in [2.24, 2.45) is 4.99 Å². The molecule has 1 aromatic carbocycles. The molecule has 28 heavy (non-hydrogen) atoms. The van der Waals surface area contributed by atoms with E-state index in [9.17, 15) is 4.79 Å². The first-order chi connectivity index (χ1) is 13.6. The highest BCUT2D eigenvalue weighted by atomic mass is 35.5. The minimum Gasteiger partial charge on any atom is -0.489 e. The van der Waals surface area contributed by atoms with Crippen LogP contribution >= 0.6 is 11.6 Å². The summed E-state index contributed by atoms with van der Waals surface area (Å²) in [6, 6.07) is 10.7. The molecule has 1 unspecified atom stereocenters. The lowest BCUT2D eigenvalue weighted by atomic mass is 10.3. The molecule has 3 N–H and O–H groups in total. The smallest absolute Gasteiger partial charge is 0.252 e. The van der Waals surface area contributed by atoms with Gasteiger partial charge in [0.25, 0.3) is 5.91 Å². The van der Waals surface area contributed by atoms with Gasteiger partial charge < -0.3 is 20.7 Å². The Morgan fingerprint density at radius 2 is 1.93 bits per heavy atom. The summed E-state index contributed by atoms with van der Waals surface area (Å²) in [5.41, 5.74) is 0.538. The Kier molecular flexibility index (Phi) is 9.07. The Bertz CT molecular complexity index is 753. The van der Waals surface area contributed by atoms with E-state index in [2.05, 4.69) is 25.9 Å². The number of guanidine groups is 1. The van der Waals surface area contributed by atoms with Crippen LogP contribution in [-0.2, 0) is 0 Å². The first-order valence-corrected chi connectivity index (χ1v) is 9.59. The number of pyridine rings is 1. The predicted molar refractivity (Wildman–Crippen MR) is 112 cm³/mol. The summed E-state index contributed by atoms with van der Waals surface area (Å²) in [6.45, 7) is 6.18. The van der Waals surface area contributed by atoms with Crippen molar-refractivity contribution in [1.29, 1.82) is 0 Å². The van der Waals surface area contributed by atoms with Crippen LogP contribution in [0.1, 0.15) is 24.2 Å². The molecule has 150 valence electrons. The monoisotopic (exact) mass is 403 g/mol. The zero-order valence-corrected chi connectivity index (χ0v) is 16.9. The maximum atomic E-state index is 12.0. The Balaban J connectivity index is 1.74. The fourth-order valence-electron chi connectivity index (χ4n) is 2.30. The molecule has 0 saturated heterocycles. The van der Waals surface area contributed by atoms with Gasteiger partial charge in [0.15, 0.2) is 5.96 Å². The van der Waals surface area contributed by atoms with Gasteiger partial charge in [-0.15, -0.1) is 0 Å². The predicted octanol–water partition coefficient (Wildman–Crippen LogP) is 2.49. The molecule has 0 fully saturated rings. The summed E-state index contributed by atoms with van der Waals surface area (Å²) in [5.74, 6) is 1.27. The number of hydrogen-bond donors (Lipinski definition) is 3. The molecule has 0 aliphatic carbocycles. The van der Waals surface area contributed by atoms with E-state index in [-0.39, 0.29) is 12.0 Å². The molecule has 0 bridgehead atoms. The molecule has 2 aromatic rings. The van der Waals surface area contributed by atoms with Crippen LogP contribution in [0, 0.1) is 0 Å². The molecule has 1 amide bonds. The minimum atomic E-state index is -0.151. The van der Waals surface area contributed by atoms with Gasteiger partial charge in [-0.05, 0) is 50.2 Å². The summed E-state index contributed by atoms with van der Waals surface area (Å²) < 4.78 is 5.82. The SMILES string of the molecule is CCNC(=NCC(C)Oc1ccc(Cl)cc1)NCCNC(=O)c1cccnc1. The number of aromatic nitrogens is 1. The van der Waals surface area contributed by atoms with Gasteiger partial charge in [0, 0.05) is 37.1 Å². The van der Waals surface area contributed by atoms with Gasteiger partial charge in [0.1, 0.15) is 11.9 Å². The lowest BCUT2D eigenvalue weighted by molar-refractivity contribution is 0.0954. The zero-order chi connectivity index (χ0) is 20.2. The third-order valence-electron chi connectivity index (χ3n) is 3.63. The van der Waals surface area contributed by atoms with E-state index >= 15 is 0 Å². The Hall–Kier alpha value is -2.80. The van der Waals surface area contributed by atoms with Crippen LogP contribution < -0.4 is 20.7 Å². The first-order valence-electron chi connectivity index (χ1n) is 9.21. The molecular weight excluding hydrogens is 378 g/mol. The average molecular weight is 404 g/mol. The molecule has 0 radical (unpaired) electrons. The fraction of sp³-hybridized carbons (Fsp3) is 0.350. The van der Waals surface area contributed by atoms with E-state index in [1.165, 1.54) is 6.20 Å². The second-order valence-corrected chi connectivity index (χ2v) is 6.46. The van der Waals surface area contributed by atoms with E-state index in [1.807, 2.05) is 26.0 Å². The molecule has 8 heteroatoms. The number of benzene rings is 1. The number of ether oxygens (including phenoxy) is 1.